The third-order valence-corrected chi connectivity index (χ3v) is 5.23. The van der Waals surface area contributed by atoms with Crippen molar-refractivity contribution in [2.45, 2.75) is 58.3 Å². The van der Waals surface area contributed by atoms with Gasteiger partial charge >= 0.3 is 11.9 Å². The van der Waals surface area contributed by atoms with Crippen LogP contribution in [0.25, 0.3) is 0 Å². The van der Waals surface area contributed by atoms with Gasteiger partial charge in [-0.25, -0.2) is 4.79 Å². The van der Waals surface area contributed by atoms with Gasteiger partial charge in [0.1, 0.15) is 5.75 Å². The van der Waals surface area contributed by atoms with Crippen molar-refractivity contribution in [3.05, 3.63) is 64.7 Å². The molecule has 0 heterocycles. The summed E-state index contributed by atoms with van der Waals surface area (Å²) in [5, 5.41) is 0. The number of aryl methyl sites for hydroxylation is 2. The average molecular weight is 380 g/mol. The lowest BCUT2D eigenvalue weighted by molar-refractivity contribution is -0.145. The molecule has 1 aliphatic carbocycles. The van der Waals surface area contributed by atoms with Gasteiger partial charge in [-0.2, -0.15) is 0 Å². The van der Waals surface area contributed by atoms with Crippen LogP contribution < -0.4 is 4.74 Å². The molecular weight excluding hydrogens is 352 g/mol. The molecule has 1 atom stereocenters. The van der Waals surface area contributed by atoms with Crippen LogP contribution in [0.5, 0.6) is 5.75 Å². The molecule has 4 nitrogen and oxygen atoms in total. The summed E-state index contributed by atoms with van der Waals surface area (Å²) in [5.74, 6) is -0.546. The number of ether oxygens (including phenoxy) is 2. The van der Waals surface area contributed by atoms with Gasteiger partial charge < -0.3 is 9.47 Å². The molecule has 0 aliphatic heterocycles. The molecule has 0 saturated carbocycles. The first-order valence-corrected chi connectivity index (χ1v) is 10.2. The second kappa shape index (κ2) is 9.54. The van der Waals surface area contributed by atoms with E-state index in [0.717, 1.165) is 43.2 Å². The number of hydrogen-bond donors (Lipinski definition) is 0. The molecular formula is C24H28O4. The van der Waals surface area contributed by atoms with Gasteiger partial charge in [-0.15, -0.1) is 0 Å². The van der Waals surface area contributed by atoms with E-state index in [2.05, 4.69) is 6.92 Å². The van der Waals surface area contributed by atoms with Gasteiger partial charge in [0, 0.05) is 5.56 Å². The number of carbonyl (C=O) groups is 2. The lowest BCUT2D eigenvalue weighted by atomic mass is 9.82. The van der Waals surface area contributed by atoms with Gasteiger partial charge in [-0.05, 0) is 68.4 Å². The Morgan fingerprint density at radius 3 is 2.57 bits per heavy atom. The summed E-state index contributed by atoms with van der Waals surface area (Å²) in [7, 11) is 0. The topological polar surface area (TPSA) is 52.6 Å². The lowest BCUT2D eigenvalue weighted by Gasteiger charge is -2.26. The maximum atomic E-state index is 12.7. The number of unbranched alkanes of at least 4 members (excludes halogenated alkanes) is 1. The van der Waals surface area contributed by atoms with E-state index in [9.17, 15) is 9.59 Å². The van der Waals surface area contributed by atoms with Crippen LogP contribution in [0.2, 0.25) is 0 Å². The maximum absolute atomic E-state index is 12.7. The molecule has 28 heavy (non-hydrogen) atoms. The fraction of sp³-hybridized carbons (Fsp3) is 0.417. The van der Waals surface area contributed by atoms with E-state index in [0.29, 0.717) is 24.3 Å². The molecule has 2 aromatic carbocycles. The van der Waals surface area contributed by atoms with Crippen molar-refractivity contribution in [2.24, 2.45) is 0 Å². The third kappa shape index (κ3) is 4.61. The molecule has 0 saturated heterocycles. The van der Waals surface area contributed by atoms with E-state index in [-0.39, 0.29) is 11.9 Å². The molecule has 0 bridgehead atoms. The summed E-state index contributed by atoms with van der Waals surface area (Å²) in [6.45, 7) is 4.31. The second-order valence-electron chi connectivity index (χ2n) is 7.22. The molecule has 0 fully saturated rings. The minimum atomic E-state index is -0.399. The van der Waals surface area contributed by atoms with E-state index in [4.69, 9.17) is 9.47 Å². The quantitative estimate of drug-likeness (QED) is 0.487. The highest BCUT2D eigenvalue weighted by atomic mass is 16.5. The van der Waals surface area contributed by atoms with Crippen molar-refractivity contribution in [1.82, 2.24) is 0 Å². The molecule has 0 spiro atoms. The summed E-state index contributed by atoms with van der Waals surface area (Å²) in [6.07, 6.45) is 5.81. The van der Waals surface area contributed by atoms with Gasteiger partial charge in [0.25, 0.3) is 0 Å². The largest absolute Gasteiger partial charge is 0.466 e. The van der Waals surface area contributed by atoms with Gasteiger partial charge in [0.2, 0.25) is 0 Å². The van der Waals surface area contributed by atoms with Crippen LogP contribution in [0.15, 0.2) is 42.5 Å². The third-order valence-electron chi connectivity index (χ3n) is 5.23. The Bertz CT molecular complexity index is 823. The van der Waals surface area contributed by atoms with Crippen LogP contribution in [-0.4, -0.2) is 18.5 Å². The minimum Gasteiger partial charge on any atom is -0.466 e. The molecule has 0 radical (unpaired) electrons. The maximum Gasteiger partial charge on any atom is 0.343 e. The van der Waals surface area contributed by atoms with Crippen LogP contribution in [-0.2, 0) is 22.4 Å². The SMILES string of the molecule is CCCCc1ccc(C(=O)Oc2cccc3c2C(C(=O)OCC)CCC3)cc1. The van der Waals surface area contributed by atoms with E-state index in [1.807, 2.05) is 36.4 Å². The molecule has 3 rings (SSSR count). The predicted octanol–water partition coefficient (Wildman–Crippen LogP) is 5.23. The van der Waals surface area contributed by atoms with Gasteiger partial charge in [0.15, 0.2) is 0 Å². The molecule has 2 aromatic rings. The number of esters is 2. The number of hydrogen-bond acceptors (Lipinski definition) is 4. The van der Waals surface area contributed by atoms with E-state index >= 15 is 0 Å². The van der Waals surface area contributed by atoms with Crippen molar-refractivity contribution in [3.8, 4) is 5.75 Å². The smallest absolute Gasteiger partial charge is 0.343 e. The second-order valence-corrected chi connectivity index (χ2v) is 7.22. The van der Waals surface area contributed by atoms with Crippen LogP contribution in [0.3, 0.4) is 0 Å². The molecule has 148 valence electrons. The first-order chi connectivity index (χ1) is 13.6. The zero-order valence-corrected chi connectivity index (χ0v) is 16.7. The Morgan fingerprint density at radius 1 is 1.07 bits per heavy atom. The minimum absolute atomic E-state index is 0.243. The summed E-state index contributed by atoms with van der Waals surface area (Å²) in [4.78, 5) is 25.1. The average Bonchev–Trinajstić information content (AvgIpc) is 2.72. The van der Waals surface area contributed by atoms with E-state index in [1.165, 1.54) is 5.56 Å². The van der Waals surface area contributed by atoms with Crippen molar-refractivity contribution >= 4 is 11.9 Å². The summed E-state index contributed by atoms with van der Waals surface area (Å²) < 4.78 is 11.0. The summed E-state index contributed by atoms with van der Waals surface area (Å²) >= 11 is 0. The van der Waals surface area contributed by atoms with Crippen LogP contribution >= 0.6 is 0 Å². The highest BCUT2D eigenvalue weighted by molar-refractivity contribution is 5.91. The first-order valence-electron chi connectivity index (χ1n) is 10.2. The van der Waals surface area contributed by atoms with Crippen molar-refractivity contribution < 1.29 is 19.1 Å². The predicted molar refractivity (Wildman–Crippen MR) is 109 cm³/mol. The van der Waals surface area contributed by atoms with E-state index < -0.39 is 5.97 Å². The molecule has 0 N–H and O–H groups in total. The molecule has 0 amide bonds. The Morgan fingerprint density at radius 2 is 1.86 bits per heavy atom. The Hall–Kier alpha value is -2.62. The van der Waals surface area contributed by atoms with Crippen LogP contribution in [0.4, 0.5) is 0 Å². The van der Waals surface area contributed by atoms with Gasteiger partial charge in [-0.3, -0.25) is 4.79 Å². The number of fused-ring (bicyclic) bond motifs is 1. The summed E-state index contributed by atoms with van der Waals surface area (Å²) in [5.41, 5.74) is 3.60. The number of rotatable bonds is 7. The van der Waals surface area contributed by atoms with Crippen LogP contribution in [0.1, 0.15) is 72.5 Å². The molecule has 0 aromatic heterocycles. The molecule has 1 aliphatic rings. The van der Waals surface area contributed by atoms with Crippen molar-refractivity contribution in [1.29, 1.82) is 0 Å². The van der Waals surface area contributed by atoms with E-state index in [1.54, 1.807) is 13.0 Å². The standard InChI is InChI=1S/C24H28O4/c1-3-5-8-17-13-15-19(16-14-17)23(25)28-21-12-7-10-18-9-6-11-20(22(18)21)24(26)27-4-2/h7,10,12-16,20H,3-6,8-9,11H2,1-2H3. The normalized spacial score (nSPS) is 15.6. The first kappa shape index (κ1) is 20.1. The Labute approximate surface area is 166 Å². The molecule has 4 heteroatoms. The van der Waals surface area contributed by atoms with Crippen molar-refractivity contribution in [3.63, 3.8) is 0 Å². The fourth-order valence-corrected chi connectivity index (χ4v) is 3.76. The zero-order valence-electron chi connectivity index (χ0n) is 16.7. The number of benzene rings is 2. The van der Waals surface area contributed by atoms with Gasteiger partial charge in [0.05, 0.1) is 18.1 Å². The highest BCUT2D eigenvalue weighted by Gasteiger charge is 2.31. The fourth-order valence-electron chi connectivity index (χ4n) is 3.76. The number of carbonyl (C=O) groups excluding carboxylic acids is 2. The summed E-state index contributed by atoms with van der Waals surface area (Å²) in [6, 6.07) is 13.2. The Kier molecular flexibility index (Phi) is 6.85. The Balaban J connectivity index is 1.81. The van der Waals surface area contributed by atoms with Crippen LogP contribution in [0, 0.1) is 0 Å². The highest BCUT2D eigenvalue weighted by Crippen LogP contribution is 2.39. The monoisotopic (exact) mass is 380 g/mol. The van der Waals surface area contributed by atoms with Gasteiger partial charge in [-0.1, -0.05) is 37.6 Å². The lowest BCUT2D eigenvalue weighted by Crippen LogP contribution is -2.22. The molecule has 1 unspecified atom stereocenters. The zero-order chi connectivity index (χ0) is 19.9. The van der Waals surface area contributed by atoms with Crippen molar-refractivity contribution in [2.75, 3.05) is 6.61 Å².